The van der Waals surface area contributed by atoms with Crippen LogP contribution in [-0.4, -0.2) is 22.9 Å². The van der Waals surface area contributed by atoms with Crippen LogP contribution in [0.1, 0.15) is 13.8 Å². The maximum atomic E-state index is 13.2. The summed E-state index contributed by atoms with van der Waals surface area (Å²) < 4.78 is 1.53. The summed E-state index contributed by atoms with van der Waals surface area (Å²) in [6, 6.07) is 25.7. The quantitative estimate of drug-likeness (QED) is 0.502. The van der Waals surface area contributed by atoms with Gasteiger partial charge in [-0.2, -0.15) is 9.78 Å². The number of hydrogen-bond donors (Lipinski definition) is 0. The third-order valence-corrected chi connectivity index (χ3v) is 5.06. The molecule has 0 bridgehead atoms. The van der Waals surface area contributed by atoms with Crippen molar-refractivity contribution < 1.29 is 0 Å². The van der Waals surface area contributed by atoms with Gasteiger partial charge in [0.1, 0.15) is 0 Å². The molecule has 140 valence electrons. The van der Waals surface area contributed by atoms with Gasteiger partial charge in [0.15, 0.2) is 0 Å². The van der Waals surface area contributed by atoms with Crippen LogP contribution in [0.25, 0.3) is 27.7 Å². The minimum Gasteiger partial charge on any atom is -0.372 e. The van der Waals surface area contributed by atoms with Gasteiger partial charge >= 0.3 is 0 Å². The lowest BCUT2D eigenvalue weighted by atomic mass is 10.1. The Bertz CT molecular complexity index is 1160. The molecular formula is C24H23N3O. The number of hydrogen-bond acceptors (Lipinski definition) is 3. The fraction of sp³-hybridized carbons (Fsp3) is 0.167. The Balaban J connectivity index is 1.97. The fourth-order valence-corrected chi connectivity index (χ4v) is 3.58. The summed E-state index contributed by atoms with van der Waals surface area (Å²) in [5, 5.41) is 6.32. The van der Waals surface area contributed by atoms with Crippen LogP contribution in [0.4, 0.5) is 5.69 Å². The molecular weight excluding hydrogens is 346 g/mol. The second-order valence-corrected chi connectivity index (χ2v) is 6.67. The third-order valence-electron chi connectivity index (χ3n) is 5.06. The zero-order valence-corrected chi connectivity index (χ0v) is 16.2. The van der Waals surface area contributed by atoms with Crippen molar-refractivity contribution in [1.82, 2.24) is 9.78 Å². The number of rotatable bonds is 5. The molecule has 28 heavy (non-hydrogen) atoms. The molecule has 0 aliphatic carbocycles. The fourth-order valence-electron chi connectivity index (χ4n) is 3.58. The SMILES string of the molecule is CCN(CC)c1cccc(-n2nc(-c3ccccc3)c3ccccc3c2=O)c1. The summed E-state index contributed by atoms with van der Waals surface area (Å²) >= 11 is 0. The van der Waals surface area contributed by atoms with Gasteiger partial charge in [0.2, 0.25) is 0 Å². The van der Waals surface area contributed by atoms with Gasteiger partial charge in [-0.05, 0) is 38.1 Å². The van der Waals surface area contributed by atoms with Gasteiger partial charge in [0.25, 0.3) is 5.56 Å². The highest BCUT2D eigenvalue weighted by Gasteiger charge is 2.14. The lowest BCUT2D eigenvalue weighted by Crippen LogP contribution is -2.24. The van der Waals surface area contributed by atoms with E-state index in [0.717, 1.165) is 41.1 Å². The van der Waals surface area contributed by atoms with Crippen LogP contribution in [0.3, 0.4) is 0 Å². The molecule has 3 aromatic carbocycles. The van der Waals surface area contributed by atoms with Crippen molar-refractivity contribution in [3.8, 4) is 16.9 Å². The Morgan fingerprint density at radius 1 is 0.821 bits per heavy atom. The Morgan fingerprint density at radius 2 is 1.50 bits per heavy atom. The lowest BCUT2D eigenvalue weighted by Gasteiger charge is -2.21. The molecule has 0 fully saturated rings. The summed E-state index contributed by atoms with van der Waals surface area (Å²) in [7, 11) is 0. The van der Waals surface area contributed by atoms with Crippen LogP contribution >= 0.6 is 0 Å². The topological polar surface area (TPSA) is 38.1 Å². The van der Waals surface area contributed by atoms with E-state index in [-0.39, 0.29) is 5.56 Å². The number of nitrogens with zero attached hydrogens (tertiary/aromatic N) is 3. The summed E-state index contributed by atoms with van der Waals surface area (Å²) in [4.78, 5) is 15.5. The second kappa shape index (κ2) is 7.69. The lowest BCUT2D eigenvalue weighted by molar-refractivity contribution is 0.820. The average molecular weight is 369 g/mol. The molecule has 0 N–H and O–H groups in total. The normalized spacial score (nSPS) is 10.9. The first-order valence-electron chi connectivity index (χ1n) is 9.65. The average Bonchev–Trinajstić information content (AvgIpc) is 2.76. The van der Waals surface area contributed by atoms with Gasteiger partial charge in [0, 0.05) is 29.7 Å². The van der Waals surface area contributed by atoms with Crippen LogP contribution < -0.4 is 10.5 Å². The van der Waals surface area contributed by atoms with Crippen LogP contribution in [0.2, 0.25) is 0 Å². The van der Waals surface area contributed by atoms with Crippen molar-refractivity contribution in [3.63, 3.8) is 0 Å². The monoisotopic (exact) mass is 369 g/mol. The Morgan fingerprint density at radius 3 is 2.21 bits per heavy atom. The molecule has 0 radical (unpaired) electrons. The van der Waals surface area contributed by atoms with E-state index in [1.54, 1.807) is 0 Å². The molecule has 0 amide bonds. The molecule has 4 heteroatoms. The molecule has 0 spiro atoms. The third kappa shape index (κ3) is 3.18. The minimum atomic E-state index is -0.105. The van der Waals surface area contributed by atoms with Gasteiger partial charge in [-0.15, -0.1) is 0 Å². The zero-order valence-electron chi connectivity index (χ0n) is 16.2. The van der Waals surface area contributed by atoms with E-state index < -0.39 is 0 Å². The van der Waals surface area contributed by atoms with Crippen molar-refractivity contribution in [2.45, 2.75) is 13.8 Å². The molecule has 0 atom stereocenters. The van der Waals surface area contributed by atoms with E-state index in [9.17, 15) is 4.79 Å². The summed E-state index contributed by atoms with van der Waals surface area (Å²) in [5.74, 6) is 0. The predicted molar refractivity (Wildman–Crippen MR) is 116 cm³/mol. The van der Waals surface area contributed by atoms with Gasteiger partial charge < -0.3 is 4.90 Å². The first-order valence-corrected chi connectivity index (χ1v) is 9.65. The number of anilines is 1. The van der Waals surface area contributed by atoms with Crippen LogP contribution in [0.15, 0.2) is 83.7 Å². The van der Waals surface area contributed by atoms with Crippen LogP contribution in [0, 0.1) is 0 Å². The first-order chi connectivity index (χ1) is 13.7. The van der Waals surface area contributed by atoms with Crippen molar-refractivity contribution >= 4 is 16.5 Å². The molecule has 1 aromatic heterocycles. The van der Waals surface area contributed by atoms with E-state index in [1.807, 2.05) is 72.8 Å². The van der Waals surface area contributed by atoms with E-state index in [4.69, 9.17) is 5.10 Å². The predicted octanol–water partition coefficient (Wildman–Crippen LogP) is 4.90. The van der Waals surface area contributed by atoms with Crippen molar-refractivity contribution in [1.29, 1.82) is 0 Å². The van der Waals surface area contributed by atoms with E-state index >= 15 is 0 Å². The van der Waals surface area contributed by atoms with E-state index in [1.165, 1.54) is 4.68 Å². The molecule has 1 heterocycles. The van der Waals surface area contributed by atoms with Gasteiger partial charge in [-0.1, -0.05) is 54.6 Å². The molecule has 4 rings (SSSR count). The number of fused-ring (bicyclic) bond motifs is 1. The van der Waals surface area contributed by atoms with Crippen molar-refractivity contribution in [2.24, 2.45) is 0 Å². The zero-order chi connectivity index (χ0) is 19.5. The van der Waals surface area contributed by atoms with E-state index in [2.05, 4.69) is 24.8 Å². The Hall–Kier alpha value is -3.40. The van der Waals surface area contributed by atoms with Gasteiger partial charge in [-0.3, -0.25) is 4.79 Å². The summed E-state index contributed by atoms with van der Waals surface area (Å²) in [6.07, 6.45) is 0. The van der Waals surface area contributed by atoms with E-state index in [0.29, 0.717) is 5.39 Å². The van der Waals surface area contributed by atoms with Crippen LogP contribution in [0.5, 0.6) is 0 Å². The van der Waals surface area contributed by atoms with Crippen molar-refractivity contribution in [3.05, 3.63) is 89.2 Å². The molecule has 4 aromatic rings. The molecule has 0 unspecified atom stereocenters. The molecule has 0 aliphatic rings. The molecule has 0 saturated heterocycles. The van der Waals surface area contributed by atoms with Gasteiger partial charge in [0.05, 0.1) is 16.8 Å². The number of aromatic nitrogens is 2. The maximum Gasteiger partial charge on any atom is 0.279 e. The first kappa shape index (κ1) is 18.0. The molecule has 4 nitrogen and oxygen atoms in total. The van der Waals surface area contributed by atoms with Crippen LogP contribution in [-0.2, 0) is 0 Å². The highest BCUT2D eigenvalue weighted by Crippen LogP contribution is 2.26. The highest BCUT2D eigenvalue weighted by atomic mass is 16.1. The largest absolute Gasteiger partial charge is 0.372 e. The standard InChI is InChI=1S/C24H23N3O/c1-3-26(4-2)19-13-10-14-20(17-19)27-24(28)22-16-9-8-15-21(22)23(25-27)18-11-6-5-7-12-18/h5-17H,3-4H2,1-2H3. The Kier molecular flexibility index (Phi) is 4.94. The van der Waals surface area contributed by atoms with Crippen molar-refractivity contribution in [2.75, 3.05) is 18.0 Å². The smallest absolute Gasteiger partial charge is 0.279 e. The number of benzene rings is 3. The molecule has 0 saturated carbocycles. The summed E-state index contributed by atoms with van der Waals surface area (Å²) in [6.45, 7) is 6.08. The minimum absolute atomic E-state index is 0.105. The van der Waals surface area contributed by atoms with Gasteiger partial charge in [-0.25, -0.2) is 0 Å². The highest BCUT2D eigenvalue weighted by molar-refractivity contribution is 5.93. The Labute approximate surface area is 164 Å². The molecule has 0 aliphatic heterocycles. The summed E-state index contributed by atoms with van der Waals surface area (Å²) in [5.41, 5.74) is 3.56. The maximum absolute atomic E-state index is 13.2. The second-order valence-electron chi connectivity index (χ2n) is 6.67.